The number of carbonyl (C=O) groups excluding carboxylic acids is 2. The minimum atomic E-state index is -0.654. The Morgan fingerprint density at radius 3 is 2.64 bits per heavy atom. The van der Waals surface area contributed by atoms with E-state index in [0.29, 0.717) is 23.9 Å². The fourth-order valence-electron chi connectivity index (χ4n) is 2.15. The van der Waals surface area contributed by atoms with E-state index in [2.05, 4.69) is 24.5 Å². The zero-order valence-electron chi connectivity index (χ0n) is 13.6. The van der Waals surface area contributed by atoms with Crippen LogP contribution in [-0.2, 0) is 9.59 Å². The normalized spacial score (nSPS) is 11.6. The number of methoxy groups -OCH3 is 1. The van der Waals surface area contributed by atoms with Gasteiger partial charge < -0.3 is 15.4 Å². The number of anilines is 1. The topological polar surface area (TPSA) is 67.4 Å². The molecule has 1 aromatic carbocycles. The fraction of sp³-hybridized carbons (Fsp3) is 0.529. The lowest BCUT2D eigenvalue weighted by atomic mass is 9.99. The Morgan fingerprint density at radius 1 is 1.23 bits per heavy atom. The molecule has 5 nitrogen and oxygen atoms in total. The molecule has 1 atom stereocenters. The fourth-order valence-corrected chi connectivity index (χ4v) is 2.15. The first kappa shape index (κ1) is 18.0. The van der Waals surface area contributed by atoms with Gasteiger partial charge in [-0.3, -0.25) is 9.59 Å². The van der Waals surface area contributed by atoms with Gasteiger partial charge >= 0.3 is 11.8 Å². The predicted molar refractivity (Wildman–Crippen MR) is 87.9 cm³/mol. The molecule has 0 spiro atoms. The second-order valence-corrected chi connectivity index (χ2v) is 5.31. The van der Waals surface area contributed by atoms with Gasteiger partial charge in [0.1, 0.15) is 5.75 Å². The first-order valence-electron chi connectivity index (χ1n) is 7.83. The summed E-state index contributed by atoms with van der Waals surface area (Å²) in [6.45, 7) is 4.79. The molecule has 22 heavy (non-hydrogen) atoms. The molecule has 0 fully saturated rings. The molecule has 0 aliphatic heterocycles. The second-order valence-electron chi connectivity index (χ2n) is 5.31. The van der Waals surface area contributed by atoms with Crippen LogP contribution in [0.25, 0.3) is 0 Å². The van der Waals surface area contributed by atoms with Gasteiger partial charge in [0, 0.05) is 18.3 Å². The summed E-state index contributed by atoms with van der Waals surface area (Å²) in [7, 11) is 1.55. The van der Waals surface area contributed by atoms with Crippen LogP contribution in [0.1, 0.15) is 39.5 Å². The van der Waals surface area contributed by atoms with Gasteiger partial charge in [0.2, 0.25) is 0 Å². The highest BCUT2D eigenvalue weighted by Crippen LogP contribution is 2.16. The van der Waals surface area contributed by atoms with E-state index in [1.807, 2.05) is 0 Å². The van der Waals surface area contributed by atoms with Gasteiger partial charge in [-0.05, 0) is 24.5 Å². The summed E-state index contributed by atoms with van der Waals surface area (Å²) in [5.41, 5.74) is 0.539. The summed E-state index contributed by atoms with van der Waals surface area (Å²) < 4.78 is 5.08. The molecule has 0 saturated carbocycles. The molecule has 2 amide bonds. The van der Waals surface area contributed by atoms with Gasteiger partial charge in [0.05, 0.1) is 7.11 Å². The highest BCUT2D eigenvalue weighted by atomic mass is 16.5. The van der Waals surface area contributed by atoms with Gasteiger partial charge in [0.15, 0.2) is 0 Å². The Kier molecular flexibility index (Phi) is 8.04. The number of carbonyl (C=O) groups is 2. The van der Waals surface area contributed by atoms with Crippen LogP contribution in [0.15, 0.2) is 24.3 Å². The number of rotatable bonds is 8. The molecule has 122 valence electrons. The average molecular weight is 306 g/mol. The van der Waals surface area contributed by atoms with Crippen molar-refractivity contribution in [1.82, 2.24) is 5.32 Å². The Labute approximate surface area is 132 Å². The Hall–Kier alpha value is -2.04. The molecule has 0 aliphatic rings. The lowest BCUT2D eigenvalue weighted by Gasteiger charge is -2.15. The van der Waals surface area contributed by atoms with E-state index < -0.39 is 11.8 Å². The highest BCUT2D eigenvalue weighted by molar-refractivity contribution is 6.39. The van der Waals surface area contributed by atoms with Crippen LogP contribution in [0.3, 0.4) is 0 Å². The molecule has 0 bridgehead atoms. The van der Waals surface area contributed by atoms with Crippen LogP contribution < -0.4 is 15.4 Å². The molecular weight excluding hydrogens is 280 g/mol. The van der Waals surface area contributed by atoms with E-state index in [1.54, 1.807) is 31.4 Å². The van der Waals surface area contributed by atoms with Gasteiger partial charge in [-0.1, -0.05) is 39.2 Å². The van der Waals surface area contributed by atoms with Crippen LogP contribution in [0.2, 0.25) is 0 Å². The Balaban J connectivity index is 2.45. The van der Waals surface area contributed by atoms with E-state index in [4.69, 9.17) is 4.74 Å². The summed E-state index contributed by atoms with van der Waals surface area (Å²) in [5.74, 6) is -0.200. The quantitative estimate of drug-likeness (QED) is 0.726. The maximum Gasteiger partial charge on any atom is 0.313 e. The van der Waals surface area contributed by atoms with Crippen molar-refractivity contribution in [3.63, 3.8) is 0 Å². The molecule has 0 aromatic heterocycles. The van der Waals surface area contributed by atoms with Crippen LogP contribution in [0.5, 0.6) is 5.75 Å². The van der Waals surface area contributed by atoms with Crippen molar-refractivity contribution in [1.29, 1.82) is 0 Å². The monoisotopic (exact) mass is 306 g/mol. The molecule has 0 aliphatic carbocycles. The molecule has 5 heteroatoms. The number of benzene rings is 1. The third-order valence-electron chi connectivity index (χ3n) is 3.63. The standard InChI is InChI=1S/C17H26N2O3/c1-4-6-8-13(5-2)12-18-16(20)17(21)19-14-9-7-10-15(11-14)22-3/h7,9-11,13H,4-6,8,12H2,1-3H3,(H,18,20)(H,19,21). The summed E-state index contributed by atoms with van der Waals surface area (Å²) >= 11 is 0. The van der Waals surface area contributed by atoms with Crippen molar-refractivity contribution in [3.05, 3.63) is 24.3 Å². The third-order valence-corrected chi connectivity index (χ3v) is 3.63. The summed E-state index contributed by atoms with van der Waals surface area (Å²) in [5, 5.41) is 5.28. The minimum absolute atomic E-state index is 0.425. The Morgan fingerprint density at radius 2 is 2.00 bits per heavy atom. The van der Waals surface area contributed by atoms with Crippen molar-refractivity contribution in [2.24, 2.45) is 5.92 Å². The number of ether oxygens (including phenoxy) is 1. The number of unbranched alkanes of at least 4 members (excludes halogenated alkanes) is 1. The zero-order valence-corrected chi connectivity index (χ0v) is 13.6. The average Bonchev–Trinajstić information content (AvgIpc) is 2.54. The number of nitrogens with one attached hydrogen (secondary N) is 2. The van der Waals surface area contributed by atoms with Gasteiger partial charge in [-0.25, -0.2) is 0 Å². The van der Waals surface area contributed by atoms with E-state index in [9.17, 15) is 9.59 Å². The molecule has 0 heterocycles. The van der Waals surface area contributed by atoms with E-state index in [-0.39, 0.29) is 0 Å². The van der Waals surface area contributed by atoms with Gasteiger partial charge in [0.25, 0.3) is 0 Å². The van der Waals surface area contributed by atoms with Crippen molar-refractivity contribution >= 4 is 17.5 Å². The van der Waals surface area contributed by atoms with E-state index in [1.165, 1.54) is 0 Å². The lowest BCUT2D eigenvalue weighted by Crippen LogP contribution is -2.38. The third kappa shape index (κ3) is 6.16. The molecule has 0 radical (unpaired) electrons. The Bertz CT molecular complexity index is 489. The first-order valence-corrected chi connectivity index (χ1v) is 7.83. The number of amides is 2. The van der Waals surface area contributed by atoms with Gasteiger partial charge in [-0.2, -0.15) is 0 Å². The molecule has 1 unspecified atom stereocenters. The molecule has 1 rings (SSSR count). The lowest BCUT2D eigenvalue weighted by molar-refractivity contribution is -0.136. The molecule has 2 N–H and O–H groups in total. The highest BCUT2D eigenvalue weighted by Gasteiger charge is 2.15. The van der Waals surface area contributed by atoms with E-state index >= 15 is 0 Å². The maximum absolute atomic E-state index is 11.9. The smallest absolute Gasteiger partial charge is 0.313 e. The van der Waals surface area contributed by atoms with Crippen molar-refractivity contribution in [3.8, 4) is 5.75 Å². The van der Waals surface area contributed by atoms with Crippen molar-refractivity contribution < 1.29 is 14.3 Å². The largest absolute Gasteiger partial charge is 0.497 e. The van der Waals surface area contributed by atoms with Crippen molar-refractivity contribution in [2.45, 2.75) is 39.5 Å². The van der Waals surface area contributed by atoms with Crippen LogP contribution in [-0.4, -0.2) is 25.5 Å². The number of hydrogen-bond donors (Lipinski definition) is 2. The zero-order chi connectivity index (χ0) is 16.4. The van der Waals surface area contributed by atoms with Crippen LogP contribution in [0.4, 0.5) is 5.69 Å². The van der Waals surface area contributed by atoms with Gasteiger partial charge in [-0.15, -0.1) is 0 Å². The maximum atomic E-state index is 11.9. The first-order chi connectivity index (χ1) is 10.6. The summed E-state index contributed by atoms with van der Waals surface area (Å²) in [6, 6.07) is 6.91. The summed E-state index contributed by atoms with van der Waals surface area (Å²) in [6.07, 6.45) is 4.35. The van der Waals surface area contributed by atoms with E-state index in [0.717, 1.165) is 25.7 Å². The van der Waals surface area contributed by atoms with Crippen molar-refractivity contribution in [2.75, 3.05) is 19.0 Å². The SMILES string of the molecule is CCCCC(CC)CNC(=O)C(=O)Nc1cccc(OC)c1. The summed E-state index contributed by atoms with van der Waals surface area (Å²) in [4.78, 5) is 23.7. The van der Waals surface area contributed by atoms with Crippen LogP contribution >= 0.6 is 0 Å². The molecular formula is C17H26N2O3. The minimum Gasteiger partial charge on any atom is -0.497 e. The molecule has 1 aromatic rings. The molecule has 0 saturated heterocycles. The van der Waals surface area contributed by atoms with Crippen LogP contribution in [0, 0.1) is 5.92 Å². The second kappa shape index (κ2) is 9.82. The predicted octanol–water partition coefficient (Wildman–Crippen LogP) is 2.97. The number of hydrogen-bond acceptors (Lipinski definition) is 3.